The van der Waals surface area contributed by atoms with E-state index in [9.17, 15) is 0 Å². The average Bonchev–Trinajstić information content (AvgIpc) is 2.71. The fourth-order valence-electron chi connectivity index (χ4n) is 2.36. The number of alkyl halides is 7. The second-order valence-corrected chi connectivity index (χ2v) is 16.8. The van der Waals surface area contributed by atoms with Gasteiger partial charge in [-0.2, -0.15) is 0 Å². The summed E-state index contributed by atoms with van der Waals surface area (Å²) in [5.74, 6) is 0.603. The Morgan fingerprint density at radius 3 is 2.07 bits per heavy atom. The highest BCUT2D eigenvalue weighted by Crippen LogP contribution is 2.58. The van der Waals surface area contributed by atoms with Crippen molar-refractivity contribution in [1.82, 2.24) is 0 Å². The zero-order valence-electron chi connectivity index (χ0n) is 15.1. The fraction of sp³-hybridized carbons (Fsp3) is 0.368. The minimum absolute atomic E-state index is 0.0719. The molecular formula is C19H17Br7O3. The summed E-state index contributed by atoms with van der Waals surface area (Å²) in [6.45, 7) is 0.342. The minimum atomic E-state index is -1.42. The zero-order valence-corrected chi connectivity index (χ0v) is 26.2. The molecule has 3 nitrogen and oxygen atoms in total. The predicted octanol–water partition coefficient (Wildman–Crippen LogP) is 8.53. The van der Waals surface area contributed by atoms with E-state index in [0.29, 0.717) is 17.7 Å². The molecule has 0 aliphatic carbocycles. The van der Waals surface area contributed by atoms with E-state index in [2.05, 4.69) is 112 Å². The van der Waals surface area contributed by atoms with Gasteiger partial charge < -0.3 is 14.2 Å². The van der Waals surface area contributed by atoms with Gasteiger partial charge in [-0.15, -0.1) is 0 Å². The topological polar surface area (TPSA) is 27.7 Å². The standard InChI is InChI=1S/C19H17Br7O3/c1-27-17(22,18(23,24)25)19(26,28-12-15(21)11-20)29-16-9-5-8-14(10-16)13-6-3-2-4-7-13/h2-10,15H,11-12H2,1H3. The van der Waals surface area contributed by atoms with Gasteiger partial charge in [0.15, 0.2) is 2.14 Å². The van der Waals surface area contributed by atoms with Crippen LogP contribution in [0.25, 0.3) is 11.1 Å². The normalized spacial score (nSPS) is 17.2. The smallest absolute Gasteiger partial charge is 0.311 e. The van der Waals surface area contributed by atoms with Crippen molar-refractivity contribution >= 4 is 112 Å². The van der Waals surface area contributed by atoms with Crippen molar-refractivity contribution < 1.29 is 14.2 Å². The number of methoxy groups -OCH3 is 1. The van der Waals surface area contributed by atoms with Gasteiger partial charge >= 0.3 is 4.70 Å². The van der Waals surface area contributed by atoms with Crippen LogP contribution in [0.5, 0.6) is 5.75 Å². The summed E-state index contributed by atoms with van der Waals surface area (Å²) in [6, 6.07) is 17.9. The van der Waals surface area contributed by atoms with E-state index in [1.807, 2.05) is 54.6 Å². The van der Waals surface area contributed by atoms with Gasteiger partial charge in [0.2, 0.25) is 4.51 Å². The minimum Gasteiger partial charge on any atom is -0.449 e. The molecule has 2 aromatic carbocycles. The van der Waals surface area contributed by atoms with Gasteiger partial charge in [0.1, 0.15) is 5.75 Å². The molecular weight excluding hydrogens is 836 g/mol. The lowest BCUT2D eigenvalue weighted by molar-refractivity contribution is -0.183. The summed E-state index contributed by atoms with van der Waals surface area (Å²) in [4.78, 5) is 0.0719. The molecule has 0 spiro atoms. The molecule has 0 aliphatic rings. The lowest BCUT2D eigenvalue weighted by Gasteiger charge is -2.45. The highest BCUT2D eigenvalue weighted by Gasteiger charge is 2.63. The Kier molecular flexibility index (Phi) is 10.7. The van der Waals surface area contributed by atoms with E-state index in [4.69, 9.17) is 14.2 Å². The molecule has 3 atom stereocenters. The molecule has 3 unspecified atom stereocenters. The Morgan fingerprint density at radius 1 is 0.897 bits per heavy atom. The zero-order chi connectivity index (χ0) is 21.7. The van der Waals surface area contributed by atoms with Gasteiger partial charge in [0, 0.05) is 17.3 Å². The fourth-order valence-corrected chi connectivity index (χ4v) is 5.72. The van der Waals surface area contributed by atoms with Gasteiger partial charge in [-0.1, -0.05) is 122 Å². The summed E-state index contributed by atoms with van der Waals surface area (Å²) < 4.78 is 14.7. The van der Waals surface area contributed by atoms with E-state index in [0.717, 1.165) is 11.1 Å². The largest absolute Gasteiger partial charge is 0.449 e. The third kappa shape index (κ3) is 6.76. The maximum Gasteiger partial charge on any atom is 0.311 e. The molecule has 160 valence electrons. The highest BCUT2D eigenvalue weighted by molar-refractivity contribution is 9.40. The van der Waals surface area contributed by atoms with Gasteiger partial charge in [0.05, 0.1) is 6.61 Å². The Labute approximate surface area is 229 Å². The van der Waals surface area contributed by atoms with Crippen molar-refractivity contribution in [2.45, 2.75) is 16.2 Å². The Morgan fingerprint density at radius 2 is 1.52 bits per heavy atom. The van der Waals surface area contributed by atoms with E-state index in [1.165, 1.54) is 0 Å². The maximum absolute atomic E-state index is 6.34. The van der Waals surface area contributed by atoms with E-state index in [1.54, 1.807) is 7.11 Å². The van der Waals surface area contributed by atoms with Crippen molar-refractivity contribution in [2.24, 2.45) is 0 Å². The van der Waals surface area contributed by atoms with Gasteiger partial charge in [-0.3, -0.25) is 0 Å². The molecule has 0 saturated carbocycles. The van der Waals surface area contributed by atoms with E-state index >= 15 is 0 Å². The highest BCUT2D eigenvalue weighted by atomic mass is 80.0. The monoisotopic (exact) mass is 846 g/mol. The van der Waals surface area contributed by atoms with Crippen LogP contribution in [0.2, 0.25) is 0 Å². The second-order valence-electron chi connectivity index (χ2n) is 5.89. The number of halogens is 7. The average molecular weight is 853 g/mol. The molecule has 0 saturated heterocycles. The number of hydrogen-bond donors (Lipinski definition) is 0. The molecule has 2 aromatic rings. The first-order valence-electron chi connectivity index (χ1n) is 8.24. The molecule has 2 rings (SSSR count). The molecule has 0 heterocycles. The predicted molar refractivity (Wildman–Crippen MR) is 145 cm³/mol. The van der Waals surface area contributed by atoms with Crippen molar-refractivity contribution in [2.75, 3.05) is 19.0 Å². The third-order valence-electron chi connectivity index (χ3n) is 3.84. The molecule has 0 amide bonds. The number of hydrogen-bond acceptors (Lipinski definition) is 3. The van der Waals surface area contributed by atoms with Gasteiger partial charge in [-0.05, 0) is 55.1 Å². The lowest BCUT2D eigenvalue weighted by atomic mass is 10.1. The summed E-state index contributed by atoms with van der Waals surface area (Å²) in [5.41, 5.74) is 2.11. The number of benzene rings is 2. The van der Waals surface area contributed by atoms with E-state index < -0.39 is 11.3 Å². The molecule has 10 heteroatoms. The van der Waals surface area contributed by atoms with Crippen LogP contribution < -0.4 is 4.74 Å². The first-order chi connectivity index (χ1) is 13.6. The summed E-state index contributed by atoms with van der Waals surface area (Å²) in [5, 5.41) is 0.712. The quantitative estimate of drug-likeness (QED) is 0.187. The Hall–Kier alpha value is 1.52. The maximum atomic E-state index is 6.34. The van der Waals surface area contributed by atoms with Crippen LogP contribution in [0.15, 0.2) is 54.6 Å². The van der Waals surface area contributed by atoms with Gasteiger partial charge in [0.25, 0.3) is 0 Å². The molecule has 0 aromatic heterocycles. The van der Waals surface area contributed by atoms with Crippen molar-refractivity contribution in [1.29, 1.82) is 0 Å². The van der Waals surface area contributed by atoms with Crippen molar-refractivity contribution in [3.8, 4) is 16.9 Å². The molecule has 29 heavy (non-hydrogen) atoms. The summed E-state index contributed by atoms with van der Waals surface area (Å²) >= 11 is 24.9. The summed E-state index contributed by atoms with van der Waals surface area (Å²) in [7, 11) is 1.55. The molecule has 0 bridgehead atoms. The first kappa shape index (κ1) is 26.8. The van der Waals surface area contributed by atoms with Crippen molar-refractivity contribution in [3.05, 3.63) is 54.6 Å². The first-order valence-corrected chi connectivity index (χ1v) is 14.2. The SMILES string of the molecule is COC(Br)(C(Br)(Br)Br)C(Br)(OCC(Br)CBr)Oc1cccc(-c2ccccc2)c1. The van der Waals surface area contributed by atoms with Crippen molar-refractivity contribution in [3.63, 3.8) is 0 Å². The second kappa shape index (κ2) is 11.6. The Bertz CT molecular complexity index is 787. The van der Waals surface area contributed by atoms with Crippen LogP contribution >= 0.6 is 112 Å². The van der Waals surface area contributed by atoms with Crippen LogP contribution in [0.4, 0.5) is 0 Å². The van der Waals surface area contributed by atoms with Crippen LogP contribution in [0.3, 0.4) is 0 Å². The molecule has 0 aliphatic heterocycles. The molecule has 0 radical (unpaired) electrons. The number of ether oxygens (including phenoxy) is 3. The van der Waals surface area contributed by atoms with Gasteiger partial charge in [-0.25, -0.2) is 0 Å². The lowest BCUT2D eigenvalue weighted by Crippen LogP contribution is -2.59. The Balaban J connectivity index is 2.42. The number of rotatable bonds is 9. The molecule has 0 fully saturated rings. The van der Waals surface area contributed by atoms with E-state index in [-0.39, 0.29) is 4.83 Å². The third-order valence-corrected chi connectivity index (χ3v) is 12.3. The van der Waals surface area contributed by atoms with Crippen LogP contribution in [0, 0.1) is 0 Å². The van der Waals surface area contributed by atoms with Crippen LogP contribution in [0.1, 0.15) is 0 Å². The summed E-state index contributed by atoms with van der Waals surface area (Å²) in [6.07, 6.45) is 0. The molecule has 0 N–H and O–H groups in total. The van der Waals surface area contributed by atoms with Crippen LogP contribution in [-0.2, 0) is 9.47 Å². The van der Waals surface area contributed by atoms with Crippen LogP contribution in [-0.4, -0.2) is 35.2 Å².